The van der Waals surface area contributed by atoms with Gasteiger partial charge in [0.15, 0.2) is 0 Å². The Morgan fingerprint density at radius 2 is 2.31 bits per heavy atom. The summed E-state index contributed by atoms with van der Waals surface area (Å²) in [5, 5.41) is 3.30. The van der Waals surface area contributed by atoms with Crippen molar-refractivity contribution in [3.63, 3.8) is 0 Å². The van der Waals surface area contributed by atoms with E-state index in [9.17, 15) is 0 Å². The first-order chi connectivity index (χ1) is 7.88. The van der Waals surface area contributed by atoms with Gasteiger partial charge in [-0.15, -0.1) is 0 Å². The number of nitrogens with one attached hydrogen (secondary N) is 1. The number of rotatable bonds is 3. The van der Waals surface area contributed by atoms with Crippen molar-refractivity contribution in [2.24, 2.45) is 5.92 Å². The molecule has 2 heterocycles. The Bertz CT molecular complexity index is 365. The second kappa shape index (κ2) is 4.21. The van der Waals surface area contributed by atoms with Gasteiger partial charge in [-0.05, 0) is 45.2 Å². The van der Waals surface area contributed by atoms with Gasteiger partial charge in [0.25, 0.3) is 0 Å². The minimum absolute atomic E-state index is 0.766. The summed E-state index contributed by atoms with van der Waals surface area (Å²) in [4.78, 5) is 4.66. The summed E-state index contributed by atoms with van der Waals surface area (Å²) >= 11 is 0. The van der Waals surface area contributed by atoms with Crippen molar-refractivity contribution in [3.8, 4) is 0 Å². The van der Waals surface area contributed by atoms with Gasteiger partial charge in [0.1, 0.15) is 5.82 Å². The summed E-state index contributed by atoms with van der Waals surface area (Å²) < 4.78 is 2.51. The highest BCUT2D eigenvalue weighted by Crippen LogP contribution is 2.37. The number of fused-ring (bicyclic) bond motifs is 1. The van der Waals surface area contributed by atoms with Crippen LogP contribution >= 0.6 is 0 Å². The maximum Gasteiger partial charge on any atom is 0.111 e. The van der Waals surface area contributed by atoms with Gasteiger partial charge in [-0.3, -0.25) is 0 Å². The summed E-state index contributed by atoms with van der Waals surface area (Å²) in [6.45, 7) is 2.32. The number of hydrogen-bond donors (Lipinski definition) is 1. The third-order valence-corrected chi connectivity index (χ3v) is 4.18. The second-order valence-corrected chi connectivity index (χ2v) is 5.31. The molecule has 0 bridgehead atoms. The predicted molar refractivity (Wildman–Crippen MR) is 64.6 cm³/mol. The highest BCUT2D eigenvalue weighted by atomic mass is 15.1. The Kier molecular flexibility index (Phi) is 2.72. The molecule has 2 aliphatic rings. The minimum atomic E-state index is 0.766. The molecule has 1 aliphatic heterocycles. The molecular formula is C13H21N3. The number of aromatic nitrogens is 2. The van der Waals surface area contributed by atoms with Crippen LogP contribution in [-0.2, 0) is 13.0 Å². The smallest absolute Gasteiger partial charge is 0.111 e. The fourth-order valence-electron chi connectivity index (χ4n) is 2.99. The van der Waals surface area contributed by atoms with E-state index < -0.39 is 0 Å². The topological polar surface area (TPSA) is 29.9 Å². The van der Waals surface area contributed by atoms with Crippen LogP contribution in [0.4, 0.5) is 0 Å². The second-order valence-electron chi connectivity index (χ2n) is 5.31. The first kappa shape index (κ1) is 10.3. The lowest BCUT2D eigenvalue weighted by molar-refractivity contribution is 0.326. The molecule has 3 nitrogen and oxygen atoms in total. The van der Waals surface area contributed by atoms with Crippen LogP contribution < -0.4 is 5.32 Å². The molecule has 1 aromatic heterocycles. The van der Waals surface area contributed by atoms with Gasteiger partial charge in [-0.1, -0.05) is 6.42 Å². The lowest BCUT2D eigenvalue weighted by Crippen LogP contribution is -2.30. The number of hydrogen-bond acceptors (Lipinski definition) is 2. The van der Waals surface area contributed by atoms with E-state index in [4.69, 9.17) is 0 Å². The van der Waals surface area contributed by atoms with E-state index in [1.807, 2.05) is 0 Å². The van der Waals surface area contributed by atoms with Crippen LogP contribution in [0.25, 0.3) is 0 Å². The molecule has 16 heavy (non-hydrogen) atoms. The van der Waals surface area contributed by atoms with Crippen LogP contribution in [0.5, 0.6) is 0 Å². The van der Waals surface area contributed by atoms with Crippen LogP contribution in [0.3, 0.4) is 0 Å². The molecule has 0 saturated heterocycles. The van der Waals surface area contributed by atoms with Crippen LogP contribution in [0.15, 0.2) is 6.20 Å². The van der Waals surface area contributed by atoms with Crippen LogP contribution in [0.1, 0.15) is 43.1 Å². The Morgan fingerprint density at radius 1 is 1.44 bits per heavy atom. The van der Waals surface area contributed by atoms with E-state index in [-0.39, 0.29) is 0 Å². The molecule has 1 unspecified atom stereocenters. The van der Waals surface area contributed by atoms with Crippen molar-refractivity contribution in [1.82, 2.24) is 14.9 Å². The summed E-state index contributed by atoms with van der Waals surface area (Å²) in [6, 6.07) is 0. The first-order valence-electron chi connectivity index (χ1n) is 6.57. The minimum Gasteiger partial charge on any atom is -0.332 e. The fourth-order valence-corrected chi connectivity index (χ4v) is 2.99. The third-order valence-electron chi connectivity index (χ3n) is 4.18. The molecule has 1 aliphatic carbocycles. The molecule has 1 fully saturated rings. The lowest BCUT2D eigenvalue weighted by Gasteiger charge is -2.30. The van der Waals surface area contributed by atoms with Crippen molar-refractivity contribution >= 4 is 0 Å². The first-order valence-corrected chi connectivity index (χ1v) is 6.57. The average molecular weight is 219 g/mol. The third kappa shape index (κ3) is 1.67. The maximum atomic E-state index is 4.66. The van der Waals surface area contributed by atoms with E-state index in [1.54, 1.807) is 0 Å². The molecule has 0 aromatic carbocycles. The van der Waals surface area contributed by atoms with Crippen molar-refractivity contribution in [1.29, 1.82) is 0 Å². The number of nitrogens with zero attached hydrogens (tertiary/aromatic N) is 2. The van der Waals surface area contributed by atoms with Crippen molar-refractivity contribution < 1.29 is 0 Å². The van der Waals surface area contributed by atoms with Crippen molar-refractivity contribution in [2.75, 3.05) is 13.6 Å². The van der Waals surface area contributed by atoms with Crippen molar-refractivity contribution in [2.45, 2.75) is 44.6 Å². The quantitative estimate of drug-likeness (QED) is 0.842. The van der Waals surface area contributed by atoms with Crippen LogP contribution in [0, 0.1) is 5.92 Å². The van der Waals surface area contributed by atoms with Gasteiger partial charge in [0.05, 0.1) is 0 Å². The number of aryl methyl sites for hydroxylation is 1. The Hall–Kier alpha value is -0.830. The standard InChI is InChI=1S/C13H21N3/c1-14-7-10-5-6-12-8-15-13(16(12)9-10)11-3-2-4-11/h8,10-11,14H,2-7,9H2,1H3. The largest absolute Gasteiger partial charge is 0.332 e. The van der Waals surface area contributed by atoms with Crippen LogP contribution in [-0.4, -0.2) is 23.1 Å². The molecule has 1 saturated carbocycles. The zero-order chi connectivity index (χ0) is 11.0. The molecule has 0 amide bonds. The number of imidazole rings is 1. The summed E-state index contributed by atoms with van der Waals surface area (Å²) in [5.74, 6) is 2.94. The molecule has 1 atom stereocenters. The van der Waals surface area contributed by atoms with Gasteiger partial charge >= 0.3 is 0 Å². The zero-order valence-corrected chi connectivity index (χ0v) is 10.1. The molecular weight excluding hydrogens is 198 g/mol. The average Bonchev–Trinajstić information content (AvgIpc) is 2.60. The van der Waals surface area contributed by atoms with Gasteiger partial charge in [0.2, 0.25) is 0 Å². The molecule has 0 spiro atoms. The monoisotopic (exact) mass is 219 g/mol. The van der Waals surface area contributed by atoms with Gasteiger partial charge in [0, 0.05) is 24.4 Å². The maximum absolute atomic E-state index is 4.66. The van der Waals surface area contributed by atoms with E-state index in [1.165, 1.54) is 50.2 Å². The zero-order valence-electron chi connectivity index (χ0n) is 10.1. The molecule has 88 valence electrons. The predicted octanol–water partition coefficient (Wildman–Crippen LogP) is 1.93. The van der Waals surface area contributed by atoms with E-state index >= 15 is 0 Å². The molecule has 1 N–H and O–H groups in total. The van der Waals surface area contributed by atoms with Gasteiger partial charge < -0.3 is 9.88 Å². The highest BCUT2D eigenvalue weighted by molar-refractivity contribution is 5.13. The highest BCUT2D eigenvalue weighted by Gasteiger charge is 2.28. The normalized spacial score (nSPS) is 25.2. The SMILES string of the molecule is CNCC1CCc2cnc(C3CCC3)n2C1. The van der Waals surface area contributed by atoms with E-state index in [2.05, 4.69) is 28.1 Å². The van der Waals surface area contributed by atoms with Gasteiger partial charge in [-0.2, -0.15) is 0 Å². The van der Waals surface area contributed by atoms with E-state index in [0.717, 1.165) is 18.4 Å². The van der Waals surface area contributed by atoms with Crippen molar-refractivity contribution in [3.05, 3.63) is 17.7 Å². The van der Waals surface area contributed by atoms with Crippen LogP contribution in [0.2, 0.25) is 0 Å². The fraction of sp³-hybridized carbons (Fsp3) is 0.769. The van der Waals surface area contributed by atoms with E-state index in [0.29, 0.717) is 0 Å². The Balaban J connectivity index is 1.80. The molecule has 3 heteroatoms. The molecule has 3 rings (SSSR count). The summed E-state index contributed by atoms with van der Waals surface area (Å²) in [5.41, 5.74) is 1.47. The molecule has 0 radical (unpaired) electrons. The lowest BCUT2D eigenvalue weighted by atomic mass is 9.84. The van der Waals surface area contributed by atoms with Gasteiger partial charge in [-0.25, -0.2) is 4.98 Å². The Morgan fingerprint density at radius 3 is 3.00 bits per heavy atom. The Labute approximate surface area is 97.3 Å². The molecule has 1 aromatic rings. The summed E-state index contributed by atoms with van der Waals surface area (Å²) in [7, 11) is 2.05. The summed E-state index contributed by atoms with van der Waals surface area (Å²) in [6.07, 6.45) is 8.75.